The van der Waals surface area contributed by atoms with Crippen molar-refractivity contribution in [2.45, 2.75) is 33.1 Å². The number of nitro groups is 1. The Morgan fingerprint density at radius 1 is 1.16 bits per heavy atom. The van der Waals surface area contributed by atoms with Crippen molar-refractivity contribution in [3.05, 3.63) is 63.2 Å². The Bertz CT molecular complexity index is 814. The van der Waals surface area contributed by atoms with Crippen molar-refractivity contribution in [1.82, 2.24) is 0 Å². The first kappa shape index (κ1) is 20.4. The molecular weight excluding hydrogens is 342 g/mol. The second-order valence-corrected chi connectivity index (χ2v) is 6.77. The molecule has 7 heteroatoms. The molecule has 0 atom stereocenters. The monoisotopic (exact) mass is 363 g/mol. The maximum atomic E-state index is 12.4. The molecule has 0 unspecified atom stereocenters. The van der Waals surface area contributed by atoms with Crippen molar-refractivity contribution in [2.24, 2.45) is 0 Å². The van der Waals surface area contributed by atoms with Crippen LogP contribution in [0.1, 0.15) is 42.3 Å². The zero-order chi connectivity index (χ0) is 18.1. The molecule has 0 heterocycles. The molecule has 0 fully saturated rings. The van der Waals surface area contributed by atoms with E-state index in [1.165, 1.54) is 6.07 Å². The number of anilines is 2. The number of hydrogen-bond acceptors (Lipinski definition) is 4. The summed E-state index contributed by atoms with van der Waals surface area (Å²) >= 11 is 0. The van der Waals surface area contributed by atoms with E-state index in [1.807, 2.05) is 27.7 Å². The van der Waals surface area contributed by atoms with Crippen molar-refractivity contribution in [1.29, 1.82) is 0 Å². The summed E-state index contributed by atoms with van der Waals surface area (Å²) in [6.07, 6.45) is 0. The number of halogens is 1. The number of carbonyl (C=O) groups excluding carboxylic acids is 1. The van der Waals surface area contributed by atoms with Gasteiger partial charge in [0.2, 0.25) is 0 Å². The number of nitrogens with one attached hydrogen (secondary N) is 1. The number of aryl methyl sites for hydroxylation is 1. The first-order valence-corrected chi connectivity index (χ1v) is 7.56. The van der Waals surface area contributed by atoms with E-state index in [9.17, 15) is 14.9 Å². The molecule has 2 aromatic rings. The highest BCUT2D eigenvalue weighted by atomic mass is 35.5. The molecule has 3 N–H and O–H groups in total. The number of benzene rings is 2. The van der Waals surface area contributed by atoms with Crippen LogP contribution < -0.4 is 11.1 Å². The van der Waals surface area contributed by atoms with E-state index in [1.54, 1.807) is 30.3 Å². The van der Waals surface area contributed by atoms with E-state index in [0.29, 0.717) is 16.9 Å². The Morgan fingerprint density at radius 2 is 1.80 bits per heavy atom. The van der Waals surface area contributed by atoms with Gasteiger partial charge >= 0.3 is 0 Å². The predicted octanol–water partition coefficient (Wildman–Crippen LogP) is 4.46. The third-order valence-corrected chi connectivity index (χ3v) is 3.77. The Hall–Kier alpha value is -2.60. The SMILES string of the molecule is Cc1ccc(N)cc1NC(=O)c1ccc(C(C)(C)C)c([N+](=O)[O-])c1.Cl. The zero-order valence-corrected chi connectivity index (χ0v) is 15.4. The number of nitro benzene ring substituents is 1. The predicted molar refractivity (Wildman–Crippen MR) is 103 cm³/mol. The first-order valence-electron chi connectivity index (χ1n) is 7.56. The summed E-state index contributed by atoms with van der Waals surface area (Å²) in [5, 5.41) is 14.1. The molecule has 0 bridgehead atoms. The molecule has 0 saturated carbocycles. The quantitative estimate of drug-likeness (QED) is 0.478. The van der Waals surface area contributed by atoms with Gasteiger partial charge in [-0.25, -0.2) is 0 Å². The van der Waals surface area contributed by atoms with Gasteiger partial charge in [0.05, 0.1) is 4.92 Å². The van der Waals surface area contributed by atoms with Crippen LogP contribution in [0.3, 0.4) is 0 Å². The molecule has 0 spiro atoms. The lowest BCUT2D eigenvalue weighted by molar-refractivity contribution is -0.386. The third kappa shape index (κ3) is 4.70. The Kier molecular flexibility index (Phi) is 6.15. The zero-order valence-electron chi connectivity index (χ0n) is 14.6. The van der Waals surface area contributed by atoms with Gasteiger partial charge in [0.25, 0.3) is 11.6 Å². The van der Waals surface area contributed by atoms with Crippen LogP contribution in [0.5, 0.6) is 0 Å². The molecule has 2 rings (SSSR count). The maximum absolute atomic E-state index is 12.4. The molecule has 0 saturated heterocycles. The van der Waals surface area contributed by atoms with E-state index in [-0.39, 0.29) is 29.1 Å². The van der Waals surface area contributed by atoms with Crippen LogP contribution in [0, 0.1) is 17.0 Å². The number of nitrogen functional groups attached to an aromatic ring is 1. The molecule has 2 aromatic carbocycles. The number of nitrogens with zero attached hydrogens (tertiary/aromatic N) is 1. The van der Waals surface area contributed by atoms with E-state index in [2.05, 4.69) is 5.32 Å². The molecule has 25 heavy (non-hydrogen) atoms. The lowest BCUT2D eigenvalue weighted by atomic mass is 9.85. The van der Waals surface area contributed by atoms with Gasteiger partial charge in [0.1, 0.15) is 0 Å². The molecule has 0 aliphatic heterocycles. The standard InChI is InChI=1S/C18H21N3O3.ClH/c1-11-5-7-13(19)10-15(11)20-17(22)12-6-8-14(18(2,3)4)16(9-12)21(23)24;/h5-10H,19H2,1-4H3,(H,20,22);1H. The first-order chi connectivity index (χ1) is 11.1. The normalized spacial score (nSPS) is 10.7. The minimum Gasteiger partial charge on any atom is -0.399 e. The van der Waals surface area contributed by atoms with Crippen molar-refractivity contribution >= 4 is 35.4 Å². The number of nitrogens with two attached hydrogens (primary N) is 1. The second kappa shape index (κ2) is 7.53. The van der Waals surface area contributed by atoms with Gasteiger partial charge in [-0.1, -0.05) is 32.9 Å². The van der Waals surface area contributed by atoms with Gasteiger partial charge in [0, 0.05) is 28.6 Å². The van der Waals surface area contributed by atoms with Gasteiger partial charge in [-0.2, -0.15) is 0 Å². The third-order valence-electron chi connectivity index (χ3n) is 3.77. The minimum atomic E-state index is -0.455. The largest absolute Gasteiger partial charge is 0.399 e. The number of carbonyl (C=O) groups is 1. The van der Waals surface area contributed by atoms with Crippen molar-refractivity contribution in [3.63, 3.8) is 0 Å². The lowest BCUT2D eigenvalue weighted by Crippen LogP contribution is -2.17. The van der Waals surface area contributed by atoms with Gasteiger partial charge in [-0.15, -0.1) is 12.4 Å². The highest BCUT2D eigenvalue weighted by Gasteiger charge is 2.26. The van der Waals surface area contributed by atoms with Crippen molar-refractivity contribution in [2.75, 3.05) is 11.1 Å². The molecule has 0 aliphatic carbocycles. The van der Waals surface area contributed by atoms with Gasteiger partial charge in [0.15, 0.2) is 0 Å². The van der Waals surface area contributed by atoms with Gasteiger partial charge < -0.3 is 11.1 Å². The fraction of sp³-hybridized carbons (Fsp3) is 0.278. The van der Waals surface area contributed by atoms with Crippen LogP contribution in [0.4, 0.5) is 17.1 Å². The molecular formula is C18H22ClN3O3. The lowest BCUT2D eigenvalue weighted by Gasteiger charge is -2.19. The van der Waals surface area contributed by atoms with Crippen LogP contribution in [-0.4, -0.2) is 10.8 Å². The average Bonchev–Trinajstić information content (AvgIpc) is 2.49. The second-order valence-electron chi connectivity index (χ2n) is 6.77. The van der Waals surface area contributed by atoms with Gasteiger partial charge in [-0.3, -0.25) is 14.9 Å². The number of amides is 1. The van der Waals surface area contributed by atoms with Crippen molar-refractivity contribution < 1.29 is 9.72 Å². The average molecular weight is 364 g/mol. The highest BCUT2D eigenvalue weighted by Crippen LogP contribution is 2.32. The highest BCUT2D eigenvalue weighted by molar-refractivity contribution is 6.05. The fourth-order valence-electron chi connectivity index (χ4n) is 2.43. The van der Waals surface area contributed by atoms with E-state index >= 15 is 0 Å². The van der Waals surface area contributed by atoms with E-state index in [4.69, 9.17) is 5.73 Å². The Morgan fingerprint density at radius 3 is 2.36 bits per heavy atom. The smallest absolute Gasteiger partial charge is 0.273 e. The molecule has 134 valence electrons. The summed E-state index contributed by atoms with van der Waals surface area (Å²) in [7, 11) is 0. The van der Waals surface area contributed by atoms with E-state index in [0.717, 1.165) is 5.56 Å². The Balaban J connectivity index is 0.00000312. The van der Waals surface area contributed by atoms with Crippen molar-refractivity contribution in [3.8, 4) is 0 Å². The summed E-state index contributed by atoms with van der Waals surface area (Å²) in [5.41, 5.74) is 8.09. The molecule has 0 aromatic heterocycles. The fourth-order valence-corrected chi connectivity index (χ4v) is 2.43. The number of hydrogen-bond donors (Lipinski definition) is 2. The molecule has 0 radical (unpaired) electrons. The molecule has 6 nitrogen and oxygen atoms in total. The van der Waals surface area contributed by atoms with Crippen LogP contribution in [0.15, 0.2) is 36.4 Å². The van der Waals surface area contributed by atoms with Crippen LogP contribution >= 0.6 is 12.4 Å². The Labute approximate surface area is 153 Å². The summed E-state index contributed by atoms with van der Waals surface area (Å²) in [6.45, 7) is 7.53. The maximum Gasteiger partial charge on any atom is 0.273 e. The summed E-state index contributed by atoms with van der Waals surface area (Å²) < 4.78 is 0. The van der Waals surface area contributed by atoms with E-state index < -0.39 is 10.8 Å². The van der Waals surface area contributed by atoms with Crippen LogP contribution in [0.25, 0.3) is 0 Å². The van der Waals surface area contributed by atoms with Crippen LogP contribution in [-0.2, 0) is 5.41 Å². The summed E-state index contributed by atoms with van der Waals surface area (Å²) in [5.74, 6) is -0.410. The molecule has 0 aliphatic rings. The van der Waals surface area contributed by atoms with Crippen LogP contribution in [0.2, 0.25) is 0 Å². The summed E-state index contributed by atoms with van der Waals surface area (Å²) in [4.78, 5) is 23.3. The summed E-state index contributed by atoms with van der Waals surface area (Å²) in [6, 6.07) is 9.76. The number of rotatable bonds is 3. The topological polar surface area (TPSA) is 98.3 Å². The van der Waals surface area contributed by atoms with Gasteiger partial charge in [-0.05, 0) is 36.1 Å². The minimum absolute atomic E-state index is 0. The molecule has 1 amide bonds.